The summed E-state index contributed by atoms with van der Waals surface area (Å²) in [6.07, 6.45) is 11.1. The first kappa shape index (κ1) is 16.1. The third kappa shape index (κ3) is 3.35. The van der Waals surface area contributed by atoms with Gasteiger partial charge in [0.05, 0.1) is 11.7 Å². The molecular formula is C18H28N4O2. The third-order valence-electron chi connectivity index (χ3n) is 6.08. The normalized spacial score (nSPS) is 28.3. The van der Waals surface area contributed by atoms with Gasteiger partial charge in [0.25, 0.3) is 0 Å². The van der Waals surface area contributed by atoms with Gasteiger partial charge in [-0.1, -0.05) is 0 Å². The molecule has 132 valence electrons. The van der Waals surface area contributed by atoms with E-state index < -0.39 is 0 Å². The minimum atomic E-state index is -0.185. The molecule has 3 aliphatic rings. The molecule has 3 aliphatic heterocycles. The minimum absolute atomic E-state index is 0.0593. The number of likely N-dealkylation sites (tertiary alicyclic amines) is 1. The molecule has 0 bridgehead atoms. The molecule has 6 heteroatoms. The van der Waals surface area contributed by atoms with Crippen LogP contribution in [0.1, 0.15) is 32.1 Å². The molecule has 1 aromatic heterocycles. The van der Waals surface area contributed by atoms with Gasteiger partial charge >= 0.3 is 5.97 Å². The molecule has 1 unspecified atom stereocenters. The highest BCUT2D eigenvalue weighted by molar-refractivity contribution is 5.79. The summed E-state index contributed by atoms with van der Waals surface area (Å²) >= 11 is 0. The highest BCUT2D eigenvalue weighted by Gasteiger charge is 2.49. The third-order valence-corrected chi connectivity index (χ3v) is 6.08. The summed E-state index contributed by atoms with van der Waals surface area (Å²) in [5.74, 6) is 0.793. The molecule has 4 rings (SSSR count). The van der Waals surface area contributed by atoms with Crippen molar-refractivity contribution in [2.24, 2.45) is 11.3 Å². The summed E-state index contributed by atoms with van der Waals surface area (Å²) in [4.78, 5) is 19.0. The van der Waals surface area contributed by atoms with Gasteiger partial charge < -0.3 is 14.6 Å². The van der Waals surface area contributed by atoms with Crippen molar-refractivity contribution in [2.45, 2.75) is 44.8 Å². The number of imidazole rings is 1. The molecule has 1 N–H and O–H groups in total. The van der Waals surface area contributed by atoms with E-state index in [4.69, 9.17) is 4.74 Å². The zero-order chi connectivity index (χ0) is 16.4. The van der Waals surface area contributed by atoms with Crippen LogP contribution in [0.3, 0.4) is 0 Å². The number of nitrogens with one attached hydrogen (secondary N) is 1. The van der Waals surface area contributed by atoms with E-state index >= 15 is 0 Å². The fourth-order valence-corrected chi connectivity index (χ4v) is 4.59. The maximum Gasteiger partial charge on any atom is 0.312 e. The molecule has 0 radical (unpaired) electrons. The number of hydrogen-bond acceptors (Lipinski definition) is 5. The predicted octanol–water partition coefficient (Wildman–Crippen LogP) is 1.28. The van der Waals surface area contributed by atoms with Gasteiger partial charge in [-0.25, -0.2) is 4.98 Å². The summed E-state index contributed by atoms with van der Waals surface area (Å²) < 4.78 is 7.93. The Labute approximate surface area is 143 Å². The van der Waals surface area contributed by atoms with E-state index in [0.717, 1.165) is 64.4 Å². The molecule has 1 spiro atoms. The fourth-order valence-electron chi connectivity index (χ4n) is 4.59. The predicted molar refractivity (Wildman–Crippen MR) is 90.4 cm³/mol. The van der Waals surface area contributed by atoms with Crippen LogP contribution in [0.15, 0.2) is 18.7 Å². The lowest BCUT2D eigenvalue weighted by molar-refractivity contribution is -0.150. The van der Waals surface area contributed by atoms with Crippen molar-refractivity contribution in [1.29, 1.82) is 0 Å². The van der Waals surface area contributed by atoms with Crippen molar-refractivity contribution in [3.63, 3.8) is 0 Å². The zero-order valence-electron chi connectivity index (χ0n) is 14.3. The zero-order valence-corrected chi connectivity index (χ0v) is 14.3. The summed E-state index contributed by atoms with van der Waals surface area (Å²) in [6.45, 7) is 6.11. The van der Waals surface area contributed by atoms with Gasteiger partial charge in [-0.15, -0.1) is 0 Å². The van der Waals surface area contributed by atoms with Gasteiger partial charge in [-0.3, -0.25) is 9.69 Å². The number of cyclic esters (lactones) is 1. The first-order valence-electron chi connectivity index (χ1n) is 9.33. The highest BCUT2D eigenvalue weighted by atomic mass is 16.6. The number of nitrogens with zero attached hydrogens (tertiary/aromatic N) is 3. The Morgan fingerprint density at radius 3 is 2.75 bits per heavy atom. The van der Waals surface area contributed by atoms with Crippen molar-refractivity contribution in [3.8, 4) is 0 Å². The minimum Gasteiger partial charge on any atom is -0.461 e. The lowest BCUT2D eigenvalue weighted by Crippen LogP contribution is -2.41. The van der Waals surface area contributed by atoms with Gasteiger partial charge in [0.15, 0.2) is 0 Å². The number of hydrogen-bond donors (Lipinski definition) is 1. The fraction of sp³-hybridized carbons (Fsp3) is 0.778. The van der Waals surface area contributed by atoms with Gasteiger partial charge in [-0.2, -0.15) is 0 Å². The molecular weight excluding hydrogens is 304 g/mol. The smallest absolute Gasteiger partial charge is 0.312 e. The summed E-state index contributed by atoms with van der Waals surface area (Å²) in [7, 11) is 0. The van der Waals surface area contributed by atoms with Crippen LogP contribution in [0, 0.1) is 11.3 Å². The molecule has 24 heavy (non-hydrogen) atoms. The quantitative estimate of drug-likeness (QED) is 0.842. The van der Waals surface area contributed by atoms with Gasteiger partial charge in [0, 0.05) is 31.9 Å². The average Bonchev–Trinajstić information content (AvgIpc) is 3.19. The van der Waals surface area contributed by atoms with E-state index in [-0.39, 0.29) is 17.5 Å². The molecule has 0 amide bonds. The summed E-state index contributed by atoms with van der Waals surface area (Å²) in [5, 5.41) is 3.35. The first-order valence-corrected chi connectivity index (χ1v) is 9.33. The Morgan fingerprint density at radius 1 is 1.25 bits per heavy atom. The number of esters is 1. The number of carbonyl (C=O) groups excluding carboxylic acids is 1. The molecule has 0 saturated carbocycles. The van der Waals surface area contributed by atoms with Crippen molar-refractivity contribution in [3.05, 3.63) is 18.7 Å². The van der Waals surface area contributed by atoms with E-state index in [1.54, 1.807) is 0 Å². The Balaban J connectivity index is 1.25. The second kappa shape index (κ2) is 6.84. The molecule has 6 nitrogen and oxygen atoms in total. The number of aromatic nitrogens is 2. The molecule has 1 aromatic rings. The monoisotopic (exact) mass is 332 g/mol. The van der Waals surface area contributed by atoms with E-state index in [0.29, 0.717) is 0 Å². The van der Waals surface area contributed by atoms with Crippen LogP contribution in [-0.2, 0) is 16.1 Å². The van der Waals surface area contributed by atoms with Crippen LogP contribution in [-0.4, -0.2) is 59.2 Å². The topological polar surface area (TPSA) is 59.4 Å². The maximum absolute atomic E-state index is 12.4. The summed E-state index contributed by atoms with van der Waals surface area (Å²) in [5.41, 5.74) is -0.185. The standard InChI is InChI=1S/C18H28N4O2/c23-17-18(3-5-19-6-4-18)11-16(24-17)13-21-8-1-15(2-9-21)12-22-10-7-20-14-22/h7,10,14-16,19H,1-6,8-9,11-13H2. The van der Waals surface area contributed by atoms with Crippen molar-refractivity contribution < 1.29 is 9.53 Å². The molecule has 0 aromatic carbocycles. The molecule has 3 saturated heterocycles. The van der Waals surface area contributed by atoms with Crippen LogP contribution >= 0.6 is 0 Å². The van der Waals surface area contributed by atoms with E-state index in [9.17, 15) is 4.79 Å². The van der Waals surface area contributed by atoms with Crippen molar-refractivity contribution in [2.75, 3.05) is 32.7 Å². The Morgan fingerprint density at radius 2 is 2.04 bits per heavy atom. The number of ether oxygens (including phenoxy) is 1. The molecule has 3 fully saturated rings. The average molecular weight is 332 g/mol. The van der Waals surface area contributed by atoms with Gasteiger partial charge in [-0.05, 0) is 57.8 Å². The number of piperidine rings is 2. The Kier molecular flexibility index (Phi) is 4.59. The molecule has 1 atom stereocenters. The van der Waals surface area contributed by atoms with Crippen LogP contribution in [0.2, 0.25) is 0 Å². The maximum atomic E-state index is 12.4. The molecule has 4 heterocycles. The highest BCUT2D eigenvalue weighted by Crippen LogP contribution is 2.41. The molecule has 0 aliphatic carbocycles. The lowest BCUT2D eigenvalue weighted by atomic mass is 9.76. The van der Waals surface area contributed by atoms with Crippen LogP contribution < -0.4 is 5.32 Å². The van der Waals surface area contributed by atoms with Crippen molar-refractivity contribution >= 4 is 5.97 Å². The number of rotatable bonds is 4. The van der Waals surface area contributed by atoms with Gasteiger partial charge in [0.1, 0.15) is 6.10 Å². The largest absolute Gasteiger partial charge is 0.461 e. The second-order valence-corrected chi connectivity index (χ2v) is 7.77. The van der Waals surface area contributed by atoms with Crippen LogP contribution in [0.25, 0.3) is 0 Å². The summed E-state index contributed by atoms with van der Waals surface area (Å²) in [6, 6.07) is 0. The Bertz CT molecular complexity index is 545. The Hall–Kier alpha value is -1.40. The van der Waals surface area contributed by atoms with Crippen molar-refractivity contribution in [1.82, 2.24) is 19.8 Å². The SMILES string of the molecule is O=C1OC(CN2CCC(Cn3ccnc3)CC2)CC12CCNCC2. The first-order chi connectivity index (χ1) is 11.7. The second-order valence-electron chi connectivity index (χ2n) is 7.77. The van der Waals surface area contributed by atoms with Crippen LogP contribution in [0.5, 0.6) is 0 Å². The van der Waals surface area contributed by atoms with E-state index in [1.807, 2.05) is 18.7 Å². The number of carbonyl (C=O) groups is 1. The van der Waals surface area contributed by atoms with E-state index in [1.165, 1.54) is 12.8 Å². The van der Waals surface area contributed by atoms with Crippen LogP contribution in [0.4, 0.5) is 0 Å². The van der Waals surface area contributed by atoms with E-state index in [2.05, 4.69) is 19.8 Å². The van der Waals surface area contributed by atoms with Gasteiger partial charge in [0.2, 0.25) is 0 Å². The lowest BCUT2D eigenvalue weighted by Gasteiger charge is -2.33.